The number of rotatable bonds is 5. The van der Waals surface area contributed by atoms with Gasteiger partial charge in [-0.05, 0) is 55.4 Å². The zero-order valence-corrected chi connectivity index (χ0v) is 22.5. The van der Waals surface area contributed by atoms with Crippen molar-refractivity contribution in [3.63, 3.8) is 0 Å². The first-order valence-corrected chi connectivity index (χ1v) is 14.8. The Kier molecular flexibility index (Phi) is 6.81. The molecule has 3 heterocycles. The van der Waals surface area contributed by atoms with Gasteiger partial charge >= 0.3 is 0 Å². The van der Waals surface area contributed by atoms with Crippen molar-refractivity contribution in [3.8, 4) is 0 Å². The lowest BCUT2D eigenvalue weighted by Gasteiger charge is -2.35. The van der Waals surface area contributed by atoms with E-state index in [0.717, 1.165) is 42.2 Å². The summed E-state index contributed by atoms with van der Waals surface area (Å²) in [6, 6.07) is 4.55. The molecule has 2 aromatic heterocycles. The number of hydrogen-bond acceptors (Lipinski definition) is 6. The standard InChI is InChI=1S/C24H28Cl2N4O2S2/c1-3-4-21-27-23(22-17-7-5-15(2)13-19(17)33-24(22)28-21)29-9-11-30(12-10-29)34(31,32)20-14-16(25)6-8-18(20)26/h6,8,14-15H,3-5,7,9-13H2,1-2H3. The molecule has 1 aliphatic heterocycles. The second-order valence-electron chi connectivity index (χ2n) is 9.21. The van der Waals surface area contributed by atoms with Gasteiger partial charge in [0, 0.05) is 42.5 Å². The van der Waals surface area contributed by atoms with Crippen molar-refractivity contribution in [1.29, 1.82) is 0 Å². The van der Waals surface area contributed by atoms with Crippen molar-refractivity contribution in [2.45, 2.75) is 50.8 Å². The minimum Gasteiger partial charge on any atom is -0.353 e. The Bertz CT molecular complexity index is 1330. The lowest BCUT2D eigenvalue weighted by atomic mass is 9.89. The topological polar surface area (TPSA) is 66.4 Å². The van der Waals surface area contributed by atoms with Crippen LogP contribution < -0.4 is 4.90 Å². The molecule has 0 spiro atoms. The Morgan fingerprint density at radius 1 is 1.15 bits per heavy atom. The molecule has 1 aromatic carbocycles. The van der Waals surface area contributed by atoms with Crippen LogP contribution in [0.3, 0.4) is 0 Å². The molecule has 1 atom stereocenters. The predicted molar refractivity (Wildman–Crippen MR) is 140 cm³/mol. The minimum atomic E-state index is -3.73. The van der Waals surface area contributed by atoms with Crippen molar-refractivity contribution in [1.82, 2.24) is 14.3 Å². The predicted octanol–water partition coefficient (Wildman–Crippen LogP) is 5.59. The van der Waals surface area contributed by atoms with Crippen LogP contribution in [-0.4, -0.2) is 48.9 Å². The summed E-state index contributed by atoms with van der Waals surface area (Å²) in [7, 11) is -3.73. The minimum absolute atomic E-state index is 0.0609. The number of nitrogens with zero attached hydrogens (tertiary/aromatic N) is 4. The van der Waals surface area contributed by atoms with Gasteiger partial charge in [-0.15, -0.1) is 11.3 Å². The maximum absolute atomic E-state index is 13.3. The van der Waals surface area contributed by atoms with Gasteiger partial charge in [0.15, 0.2) is 0 Å². The molecular formula is C24H28Cl2N4O2S2. The molecule has 2 aliphatic rings. The Morgan fingerprint density at radius 2 is 1.91 bits per heavy atom. The summed E-state index contributed by atoms with van der Waals surface area (Å²) >= 11 is 14.1. The van der Waals surface area contributed by atoms with Crippen LogP contribution in [0, 0.1) is 5.92 Å². The van der Waals surface area contributed by atoms with E-state index in [0.29, 0.717) is 37.1 Å². The van der Waals surface area contributed by atoms with Crippen molar-refractivity contribution in [2.75, 3.05) is 31.1 Å². The number of fused-ring (bicyclic) bond motifs is 3. The van der Waals surface area contributed by atoms with Crippen LogP contribution in [0.15, 0.2) is 23.1 Å². The highest BCUT2D eigenvalue weighted by atomic mass is 35.5. The van der Waals surface area contributed by atoms with Gasteiger partial charge in [0.05, 0.1) is 10.4 Å². The van der Waals surface area contributed by atoms with Crippen LogP contribution in [0.1, 0.15) is 43.0 Å². The number of anilines is 1. The van der Waals surface area contributed by atoms with Gasteiger partial charge in [0.1, 0.15) is 21.4 Å². The first-order chi connectivity index (χ1) is 16.3. The van der Waals surface area contributed by atoms with Crippen LogP contribution >= 0.6 is 34.5 Å². The molecule has 1 fully saturated rings. The molecule has 34 heavy (non-hydrogen) atoms. The fraction of sp³-hybridized carbons (Fsp3) is 0.500. The number of halogens is 2. The summed E-state index contributed by atoms with van der Waals surface area (Å²) in [5.41, 5.74) is 1.40. The van der Waals surface area contributed by atoms with Crippen LogP contribution in [0.4, 0.5) is 5.82 Å². The highest BCUT2D eigenvalue weighted by molar-refractivity contribution is 7.89. The Morgan fingerprint density at radius 3 is 2.65 bits per heavy atom. The molecular weight excluding hydrogens is 511 g/mol. The molecule has 0 saturated carbocycles. The van der Waals surface area contributed by atoms with Gasteiger partial charge in [-0.2, -0.15) is 4.31 Å². The zero-order chi connectivity index (χ0) is 24.0. The number of thiophene rings is 1. The van der Waals surface area contributed by atoms with E-state index in [1.807, 2.05) is 11.3 Å². The van der Waals surface area contributed by atoms with E-state index in [4.69, 9.17) is 33.2 Å². The van der Waals surface area contributed by atoms with E-state index < -0.39 is 10.0 Å². The van der Waals surface area contributed by atoms with E-state index in [2.05, 4.69) is 18.7 Å². The van der Waals surface area contributed by atoms with Gasteiger partial charge < -0.3 is 4.90 Å². The Labute approximate surface area is 215 Å². The van der Waals surface area contributed by atoms with Crippen LogP contribution in [0.5, 0.6) is 0 Å². The number of benzene rings is 1. The number of piperazine rings is 1. The Balaban J connectivity index is 1.46. The van der Waals surface area contributed by atoms with E-state index in [9.17, 15) is 8.42 Å². The third-order valence-corrected chi connectivity index (χ3v) is 10.5. The summed E-state index contributed by atoms with van der Waals surface area (Å²) in [4.78, 5) is 14.7. The first kappa shape index (κ1) is 24.3. The number of aromatic nitrogens is 2. The smallest absolute Gasteiger partial charge is 0.244 e. The third kappa shape index (κ3) is 4.44. The summed E-state index contributed by atoms with van der Waals surface area (Å²) < 4.78 is 28.1. The molecule has 5 rings (SSSR count). The monoisotopic (exact) mass is 538 g/mol. The lowest BCUT2D eigenvalue weighted by molar-refractivity contribution is 0.384. The molecule has 0 radical (unpaired) electrons. The SMILES string of the molecule is CCCc1nc(N2CCN(S(=O)(=O)c3cc(Cl)ccc3Cl)CC2)c2c3c(sc2n1)CC(C)CC3. The van der Waals surface area contributed by atoms with E-state index in [-0.39, 0.29) is 9.92 Å². The summed E-state index contributed by atoms with van der Waals surface area (Å²) in [6.07, 6.45) is 5.16. The molecule has 1 unspecified atom stereocenters. The fourth-order valence-electron chi connectivity index (χ4n) is 4.88. The lowest BCUT2D eigenvalue weighted by Crippen LogP contribution is -2.49. The zero-order valence-electron chi connectivity index (χ0n) is 19.4. The number of aryl methyl sites for hydroxylation is 2. The van der Waals surface area contributed by atoms with Crippen LogP contribution in [0.25, 0.3) is 10.2 Å². The molecule has 3 aromatic rings. The Hall–Kier alpha value is -1.45. The molecule has 1 aliphatic carbocycles. The average molecular weight is 540 g/mol. The molecule has 10 heteroatoms. The summed E-state index contributed by atoms with van der Waals surface area (Å²) in [5, 5.41) is 1.72. The molecule has 182 valence electrons. The maximum atomic E-state index is 13.3. The van der Waals surface area contributed by atoms with Gasteiger partial charge in [0.2, 0.25) is 10.0 Å². The molecule has 0 amide bonds. The van der Waals surface area contributed by atoms with E-state index in [1.54, 1.807) is 6.07 Å². The normalized spacial score (nSPS) is 19.5. The second kappa shape index (κ2) is 9.54. The fourth-order valence-corrected chi connectivity index (χ4v) is 8.44. The number of sulfonamides is 1. The van der Waals surface area contributed by atoms with Gasteiger partial charge in [-0.3, -0.25) is 0 Å². The highest BCUT2D eigenvalue weighted by Gasteiger charge is 2.32. The van der Waals surface area contributed by atoms with Crippen LogP contribution in [-0.2, 0) is 29.3 Å². The van der Waals surface area contributed by atoms with Gasteiger partial charge in [-0.1, -0.05) is 37.0 Å². The largest absolute Gasteiger partial charge is 0.353 e. The van der Waals surface area contributed by atoms with E-state index in [1.165, 1.54) is 38.7 Å². The van der Waals surface area contributed by atoms with Crippen molar-refractivity contribution in [3.05, 3.63) is 44.5 Å². The average Bonchev–Trinajstić information content (AvgIpc) is 3.17. The summed E-state index contributed by atoms with van der Waals surface area (Å²) in [5.74, 6) is 2.54. The highest BCUT2D eigenvalue weighted by Crippen LogP contribution is 2.41. The molecule has 0 N–H and O–H groups in total. The summed E-state index contributed by atoms with van der Waals surface area (Å²) in [6.45, 7) is 6.31. The molecule has 1 saturated heterocycles. The van der Waals surface area contributed by atoms with Crippen molar-refractivity contribution in [2.24, 2.45) is 5.92 Å². The van der Waals surface area contributed by atoms with Gasteiger partial charge in [0.25, 0.3) is 0 Å². The first-order valence-electron chi connectivity index (χ1n) is 11.8. The van der Waals surface area contributed by atoms with Crippen molar-refractivity contribution < 1.29 is 8.42 Å². The number of hydrogen-bond donors (Lipinski definition) is 0. The maximum Gasteiger partial charge on any atom is 0.244 e. The van der Waals surface area contributed by atoms with E-state index >= 15 is 0 Å². The second-order valence-corrected chi connectivity index (χ2v) is 13.0. The third-order valence-electron chi connectivity index (χ3n) is 6.71. The molecule has 0 bridgehead atoms. The quantitative estimate of drug-likeness (QED) is 0.423. The van der Waals surface area contributed by atoms with Gasteiger partial charge in [-0.25, -0.2) is 18.4 Å². The van der Waals surface area contributed by atoms with Crippen LogP contribution in [0.2, 0.25) is 10.0 Å². The molecule has 6 nitrogen and oxygen atoms in total. The van der Waals surface area contributed by atoms with Crippen molar-refractivity contribution >= 4 is 60.6 Å².